The Balaban J connectivity index is 1.84. The fourth-order valence-corrected chi connectivity index (χ4v) is 2.48. The number of fused-ring (bicyclic) bond motifs is 1. The molecule has 1 N–H and O–H groups in total. The van der Waals surface area contributed by atoms with Gasteiger partial charge < -0.3 is 9.73 Å². The Morgan fingerprint density at radius 3 is 2.77 bits per heavy atom. The number of nitro benzene ring substituents is 1. The molecule has 1 aromatic heterocycles. The van der Waals surface area contributed by atoms with Crippen molar-refractivity contribution in [3.63, 3.8) is 0 Å². The molecule has 0 unspecified atom stereocenters. The first-order valence-electron chi connectivity index (χ1n) is 7.39. The first-order chi connectivity index (χ1) is 12.5. The summed E-state index contributed by atoms with van der Waals surface area (Å²) in [6.07, 6.45) is 3.63. The number of hydrogen-bond acceptors (Lipinski definition) is 5. The number of amides is 1. The minimum Gasteiger partial charge on any atom is -0.463 e. The molecule has 0 bridgehead atoms. The summed E-state index contributed by atoms with van der Waals surface area (Å²) < 4.78 is 5.35. The van der Waals surface area contributed by atoms with Gasteiger partial charge in [0.05, 0.1) is 15.9 Å². The highest BCUT2D eigenvalue weighted by atomic mass is 35.5. The van der Waals surface area contributed by atoms with E-state index >= 15 is 0 Å². The van der Waals surface area contributed by atoms with Crippen LogP contribution in [0.4, 0.5) is 11.4 Å². The van der Waals surface area contributed by atoms with Crippen molar-refractivity contribution in [2.24, 2.45) is 0 Å². The monoisotopic (exact) mass is 370 g/mol. The van der Waals surface area contributed by atoms with Crippen molar-refractivity contribution in [3.05, 3.63) is 85.7 Å². The van der Waals surface area contributed by atoms with E-state index in [2.05, 4.69) is 5.32 Å². The van der Waals surface area contributed by atoms with E-state index in [0.29, 0.717) is 11.0 Å². The molecule has 3 aromatic rings. The molecule has 2 aromatic carbocycles. The number of nitrogens with one attached hydrogen (secondary N) is 1. The second kappa shape index (κ2) is 7.20. The number of benzene rings is 2. The maximum absolute atomic E-state index is 12.3. The van der Waals surface area contributed by atoms with Crippen LogP contribution in [0.25, 0.3) is 17.0 Å². The summed E-state index contributed by atoms with van der Waals surface area (Å²) in [5.74, 6) is -0.636. The van der Waals surface area contributed by atoms with E-state index in [1.54, 1.807) is 24.3 Å². The van der Waals surface area contributed by atoms with Crippen LogP contribution in [0.3, 0.4) is 0 Å². The molecule has 0 radical (unpaired) electrons. The lowest BCUT2D eigenvalue weighted by atomic mass is 10.1. The predicted octanol–water partition coefficient (Wildman–Crippen LogP) is 4.01. The van der Waals surface area contributed by atoms with Gasteiger partial charge in [-0.05, 0) is 30.3 Å². The standard InChI is InChI=1S/C18H11ClN2O5/c19-12-6-7-14(15(9-12)21(24)25)20-17(22)8-5-11-10-26-16-4-2-1-3-13(16)18(11)23/h1-10H,(H,20,22)/b8-5+. The average Bonchev–Trinajstić information content (AvgIpc) is 2.62. The van der Waals surface area contributed by atoms with E-state index in [1.807, 2.05) is 0 Å². The van der Waals surface area contributed by atoms with Crippen LogP contribution in [-0.2, 0) is 4.79 Å². The quantitative estimate of drug-likeness (QED) is 0.424. The third-order valence-corrected chi connectivity index (χ3v) is 3.77. The fraction of sp³-hybridized carbons (Fsp3) is 0. The third kappa shape index (κ3) is 3.62. The smallest absolute Gasteiger partial charge is 0.294 e. The highest BCUT2D eigenvalue weighted by Crippen LogP contribution is 2.27. The van der Waals surface area contributed by atoms with Crippen molar-refractivity contribution in [1.82, 2.24) is 0 Å². The van der Waals surface area contributed by atoms with Gasteiger partial charge in [0.25, 0.3) is 5.69 Å². The van der Waals surface area contributed by atoms with Crippen molar-refractivity contribution >= 4 is 45.9 Å². The number of nitrogens with zero attached hydrogens (tertiary/aromatic N) is 1. The van der Waals surface area contributed by atoms with E-state index in [9.17, 15) is 19.7 Å². The zero-order valence-electron chi connectivity index (χ0n) is 13.1. The molecule has 0 fully saturated rings. The topological polar surface area (TPSA) is 102 Å². The van der Waals surface area contributed by atoms with Gasteiger partial charge in [-0.3, -0.25) is 19.7 Å². The second-order valence-corrected chi connectivity index (χ2v) is 5.69. The third-order valence-electron chi connectivity index (χ3n) is 3.54. The largest absolute Gasteiger partial charge is 0.463 e. The summed E-state index contributed by atoms with van der Waals surface area (Å²) in [4.78, 5) is 34.7. The number of hydrogen-bond donors (Lipinski definition) is 1. The van der Waals surface area contributed by atoms with Crippen molar-refractivity contribution in [3.8, 4) is 0 Å². The van der Waals surface area contributed by atoms with Gasteiger partial charge in [-0.2, -0.15) is 0 Å². The highest BCUT2D eigenvalue weighted by molar-refractivity contribution is 6.31. The Bertz CT molecular complexity index is 1100. The number of carbonyl (C=O) groups excluding carboxylic acids is 1. The molecule has 0 saturated heterocycles. The summed E-state index contributed by atoms with van der Waals surface area (Å²) in [7, 11) is 0. The van der Waals surface area contributed by atoms with Crippen molar-refractivity contribution in [2.75, 3.05) is 5.32 Å². The lowest BCUT2D eigenvalue weighted by Crippen LogP contribution is -2.10. The maximum atomic E-state index is 12.3. The molecule has 0 saturated carbocycles. The molecule has 1 heterocycles. The second-order valence-electron chi connectivity index (χ2n) is 5.26. The molecule has 0 aliphatic heterocycles. The zero-order chi connectivity index (χ0) is 18.7. The normalized spacial score (nSPS) is 11.0. The van der Waals surface area contributed by atoms with E-state index in [0.717, 1.165) is 12.1 Å². The van der Waals surface area contributed by atoms with Crippen LogP contribution in [0.5, 0.6) is 0 Å². The molecule has 26 heavy (non-hydrogen) atoms. The van der Waals surface area contributed by atoms with Crippen molar-refractivity contribution in [2.45, 2.75) is 0 Å². The SMILES string of the molecule is O=C(/C=C/c1coc2ccccc2c1=O)Nc1ccc(Cl)cc1[N+](=O)[O-]. The molecule has 3 rings (SSSR count). The number of carbonyl (C=O) groups is 1. The van der Waals surface area contributed by atoms with Crippen molar-refractivity contribution in [1.29, 1.82) is 0 Å². The van der Waals surface area contributed by atoms with Crippen LogP contribution in [0.15, 0.2) is 64.0 Å². The molecular weight excluding hydrogens is 360 g/mol. The number of para-hydroxylation sites is 1. The van der Waals surface area contributed by atoms with Gasteiger partial charge >= 0.3 is 0 Å². The summed E-state index contributed by atoms with van der Waals surface area (Å²) in [6.45, 7) is 0. The Labute approximate surface area is 151 Å². The van der Waals surface area contributed by atoms with Crippen LogP contribution in [0.1, 0.15) is 5.56 Å². The van der Waals surface area contributed by atoms with Gasteiger partial charge in [0.2, 0.25) is 5.91 Å². The van der Waals surface area contributed by atoms with E-state index < -0.39 is 10.8 Å². The minimum atomic E-state index is -0.650. The van der Waals surface area contributed by atoms with E-state index in [1.165, 1.54) is 24.5 Å². The Kier molecular flexibility index (Phi) is 4.81. The zero-order valence-corrected chi connectivity index (χ0v) is 13.9. The van der Waals surface area contributed by atoms with Crippen LogP contribution < -0.4 is 10.7 Å². The molecule has 8 heteroatoms. The first kappa shape index (κ1) is 17.4. The summed E-state index contributed by atoms with van der Waals surface area (Å²) in [5, 5.41) is 14.0. The summed E-state index contributed by atoms with van der Waals surface area (Å²) in [5.41, 5.74) is 0.0118. The predicted molar refractivity (Wildman–Crippen MR) is 98.3 cm³/mol. The first-order valence-corrected chi connectivity index (χ1v) is 7.77. The van der Waals surface area contributed by atoms with Gasteiger partial charge in [0, 0.05) is 17.2 Å². The molecule has 0 spiro atoms. The fourth-order valence-electron chi connectivity index (χ4n) is 2.31. The van der Waals surface area contributed by atoms with E-state index in [4.69, 9.17) is 16.0 Å². The number of anilines is 1. The molecule has 1 amide bonds. The molecule has 0 atom stereocenters. The Morgan fingerprint density at radius 2 is 2.00 bits per heavy atom. The Morgan fingerprint density at radius 1 is 1.23 bits per heavy atom. The highest BCUT2D eigenvalue weighted by Gasteiger charge is 2.15. The molecule has 0 aliphatic carbocycles. The lowest BCUT2D eigenvalue weighted by Gasteiger charge is -2.04. The van der Waals surface area contributed by atoms with Gasteiger partial charge in [-0.15, -0.1) is 0 Å². The van der Waals surface area contributed by atoms with E-state index in [-0.39, 0.29) is 27.4 Å². The minimum absolute atomic E-state index is 0.000374. The van der Waals surface area contributed by atoms with Crippen molar-refractivity contribution < 1.29 is 14.1 Å². The lowest BCUT2D eigenvalue weighted by molar-refractivity contribution is -0.383. The average molecular weight is 371 g/mol. The van der Waals surface area contributed by atoms with Gasteiger partial charge in [0.15, 0.2) is 5.43 Å². The van der Waals surface area contributed by atoms with Gasteiger partial charge in [-0.1, -0.05) is 23.7 Å². The number of nitro groups is 1. The maximum Gasteiger partial charge on any atom is 0.294 e. The molecule has 130 valence electrons. The summed E-state index contributed by atoms with van der Waals surface area (Å²) in [6, 6.07) is 10.6. The number of rotatable bonds is 4. The van der Waals surface area contributed by atoms with Crippen LogP contribution in [0.2, 0.25) is 5.02 Å². The molecular formula is C18H11ClN2O5. The number of halogens is 1. The van der Waals surface area contributed by atoms with Crippen LogP contribution in [-0.4, -0.2) is 10.8 Å². The van der Waals surface area contributed by atoms with Gasteiger partial charge in [-0.25, -0.2) is 0 Å². The molecule has 0 aliphatic rings. The molecule has 7 nitrogen and oxygen atoms in total. The van der Waals surface area contributed by atoms with Gasteiger partial charge in [0.1, 0.15) is 17.5 Å². The summed E-state index contributed by atoms with van der Waals surface area (Å²) >= 11 is 5.73. The Hall–Kier alpha value is -3.45. The van der Waals surface area contributed by atoms with Crippen LogP contribution >= 0.6 is 11.6 Å². The van der Waals surface area contributed by atoms with Crippen LogP contribution in [0, 0.1) is 10.1 Å².